The molecule has 1 aromatic carbocycles. The van der Waals surface area contributed by atoms with Gasteiger partial charge in [-0.3, -0.25) is 0 Å². The molecular weight excluding hydrogens is 256 g/mol. The van der Waals surface area contributed by atoms with Gasteiger partial charge in [0.05, 0.1) is 6.61 Å². The van der Waals surface area contributed by atoms with Crippen molar-refractivity contribution >= 4 is 17.2 Å². The van der Waals surface area contributed by atoms with Crippen LogP contribution in [0.15, 0.2) is 24.3 Å². The van der Waals surface area contributed by atoms with E-state index in [1.807, 2.05) is 24.3 Å². The van der Waals surface area contributed by atoms with Crippen molar-refractivity contribution in [2.24, 2.45) is 5.73 Å². The first kappa shape index (κ1) is 15.9. The molecule has 0 aromatic heterocycles. The molecular formula is C15H24N2OS. The molecule has 0 spiro atoms. The molecule has 1 aromatic rings. The Kier molecular flexibility index (Phi) is 6.81. The molecule has 0 aliphatic carbocycles. The van der Waals surface area contributed by atoms with E-state index in [1.165, 1.54) is 6.42 Å². The Morgan fingerprint density at radius 3 is 2.84 bits per heavy atom. The molecule has 2 N–H and O–H groups in total. The topological polar surface area (TPSA) is 38.5 Å². The lowest BCUT2D eigenvalue weighted by molar-refractivity contribution is 0.220. The molecule has 0 saturated heterocycles. The van der Waals surface area contributed by atoms with Crippen molar-refractivity contribution in [2.45, 2.75) is 32.7 Å². The van der Waals surface area contributed by atoms with Gasteiger partial charge in [-0.1, -0.05) is 31.3 Å². The highest BCUT2D eigenvalue weighted by Crippen LogP contribution is 2.13. The molecule has 106 valence electrons. The molecule has 0 fully saturated rings. The zero-order valence-corrected chi connectivity index (χ0v) is 12.9. The van der Waals surface area contributed by atoms with E-state index in [9.17, 15) is 0 Å². The van der Waals surface area contributed by atoms with Gasteiger partial charge in [-0.2, -0.15) is 0 Å². The van der Waals surface area contributed by atoms with Gasteiger partial charge >= 0.3 is 0 Å². The summed E-state index contributed by atoms with van der Waals surface area (Å²) in [5.74, 6) is 0.830. The Labute approximate surface area is 121 Å². The lowest BCUT2D eigenvalue weighted by Crippen LogP contribution is -2.30. The van der Waals surface area contributed by atoms with Gasteiger partial charge in [0.1, 0.15) is 10.7 Å². The number of nitrogens with zero attached hydrogens (tertiary/aromatic N) is 1. The smallest absolute Gasteiger partial charge is 0.119 e. The van der Waals surface area contributed by atoms with Gasteiger partial charge in [0.25, 0.3) is 0 Å². The molecule has 0 radical (unpaired) electrons. The van der Waals surface area contributed by atoms with E-state index in [-0.39, 0.29) is 0 Å². The Morgan fingerprint density at radius 1 is 1.47 bits per heavy atom. The standard InChI is InChI=1S/C15H24N2OS/c1-4-12(2)17(3)9-6-10-18-14-8-5-7-13(11-14)15(16)19/h5,7-8,11-12H,4,6,9-10H2,1-3H3,(H2,16,19). The van der Waals surface area contributed by atoms with Crippen molar-refractivity contribution < 1.29 is 4.74 Å². The first-order valence-corrected chi connectivity index (χ1v) is 7.18. The minimum Gasteiger partial charge on any atom is -0.494 e. The number of thiocarbonyl (C=S) groups is 1. The fraction of sp³-hybridized carbons (Fsp3) is 0.533. The van der Waals surface area contributed by atoms with Gasteiger partial charge in [0, 0.05) is 18.2 Å². The molecule has 0 saturated carbocycles. The second kappa shape index (κ2) is 8.12. The minimum atomic E-state index is 0.405. The first-order valence-electron chi connectivity index (χ1n) is 6.77. The summed E-state index contributed by atoms with van der Waals surface area (Å²) < 4.78 is 5.72. The molecule has 19 heavy (non-hydrogen) atoms. The third-order valence-electron chi connectivity index (χ3n) is 3.39. The maximum atomic E-state index is 5.72. The molecule has 3 nitrogen and oxygen atoms in total. The molecule has 0 heterocycles. The second-order valence-corrected chi connectivity index (χ2v) is 5.27. The number of ether oxygens (including phenoxy) is 1. The monoisotopic (exact) mass is 280 g/mol. The van der Waals surface area contributed by atoms with Crippen LogP contribution >= 0.6 is 12.2 Å². The third-order valence-corrected chi connectivity index (χ3v) is 3.62. The average Bonchev–Trinajstić information content (AvgIpc) is 2.42. The Hall–Kier alpha value is -1.13. The third kappa shape index (κ3) is 5.57. The summed E-state index contributed by atoms with van der Waals surface area (Å²) >= 11 is 4.95. The Bertz CT molecular complexity index is 409. The van der Waals surface area contributed by atoms with E-state index in [0.29, 0.717) is 17.6 Å². The minimum absolute atomic E-state index is 0.405. The number of benzene rings is 1. The zero-order chi connectivity index (χ0) is 14.3. The summed E-state index contributed by atoms with van der Waals surface area (Å²) in [6.07, 6.45) is 2.19. The van der Waals surface area contributed by atoms with E-state index in [1.54, 1.807) is 0 Å². The highest BCUT2D eigenvalue weighted by atomic mass is 32.1. The molecule has 1 rings (SSSR count). The zero-order valence-electron chi connectivity index (χ0n) is 12.1. The molecule has 0 bridgehead atoms. The molecule has 0 aliphatic rings. The van der Waals surface area contributed by atoms with Gasteiger partial charge < -0.3 is 15.4 Å². The van der Waals surface area contributed by atoms with E-state index in [4.69, 9.17) is 22.7 Å². The average molecular weight is 280 g/mol. The lowest BCUT2D eigenvalue weighted by Gasteiger charge is -2.23. The van der Waals surface area contributed by atoms with Crippen LogP contribution in [0.2, 0.25) is 0 Å². The molecule has 4 heteroatoms. The van der Waals surface area contributed by atoms with Gasteiger partial charge in [0.15, 0.2) is 0 Å². The van der Waals surface area contributed by atoms with Crippen LogP contribution in [0, 0.1) is 0 Å². The number of hydrogen-bond acceptors (Lipinski definition) is 3. The van der Waals surface area contributed by atoms with E-state index in [0.717, 1.165) is 24.3 Å². The van der Waals surface area contributed by atoms with Crippen LogP contribution in [0.4, 0.5) is 0 Å². The summed E-state index contributed by atoms with van der Waals surface area (Å²) in [7, 11) is 2.15. The fourth-order valence-electron chi connectivity index (χ4n) is 1.78. The Morgan fingerprint density at radius 2 is 2.21 bits per heavy atom. The summed E-state index contributed by atoms with van der Waals surface area (Å²) in [6, 6.07) is 8.25. The van der Waals surface area contributed by atoms with Crippen LogP contribution in [0.1, 0.15) is 32.3 Å². The first-order chi connectivity index (χ1) is 9.04. The summed E-state index contributed by atoms with van der Waals surface area (Å²) in [5.41, 5.74) is 6.45. The van der Waals surface area contributed by atoms with Crippen molar-refractivity contribution in [3.05, 3.63) is 29.8 Å². The summed E-state index contributed by atoms with van der Waals surface area (Å²) in [4.78, 5) is 2.76. The van der Waals surface area contributed by atoms with Crippen LogP contribution in [0.5, 0.6) is 5.75 Å². The predicted molar refractivity (Wildman–Crippen MR) is 84.8 cm³/mol. The summed E-state index contributed by atoms with van der Waals surface area (Å²) in [5, 5.41) is 0. The molecule has 0 aliphatic heterocycles. The maximum Gasteiger partial charge on any atom is 0.119 e. The second-order valence-electron chi connectivity index (χ2n) is 4.83. The quantitative estimate of drug-likeness (QED) is 0.587. The van der Waals surface area contributed by atoms with Crippen molar-refractivity contribution in [2.75, 3.05) is 20.2 Å². The number of nitrogens with two attached hydrogens (primary N) is 1. The molecule has 1 atom stereocenters. The fourth-order valence-corrected chi connectivity index (χ4v) is 1.90. The van der Waals surface area contributed by atoms with Crippen LogP contribution < -0.4 is 10.5 Å². The van der Waals surface area contributed by atoms with Crippen molar-refractivity contribution in [3.63, 3.8) is 0 Å². The highest BCUT2D eigenvalue weighted by molar-refractivity contribution is 7.80. The largest absolute Gasteiger partial charge is 0.494 e. The van der Waals surface area contributed by atoms with Crippen LogP contribution in [0.3, 0.4) is 0 Å². The lowest BCUT2D eigenvalue weighted by atomic mass is 10.2. The Balaban J connectivity index is 2.33. The maximum absolute atomic E-state index is 5.72. The number of hydrogen-bond donors (Lipinski definition) is 1. The van der Waals surface area contributed by atoms with Crippen LogP contribution in [-0.2, 0) is 0 Å². The van der Waals surface area contributed by atoms with Gasteiger partial charge in [-0.25, -0.2) is 0 Å². The predicted octanol–water partition coefficient (Wildman–Crippen LogP) is 2.82. The van der Waals surface area contributed by atoms with Gasteiger partial charge in [-0.05, 0) is 38.9 Å². The van der Waals surface area contributed by atoms with E-state index >= 15 is 0 Å². The summed E-state index contributed by atoms with van der Waals surface area (Å²) in [6.45, 7) is 6.21. The normalized spacial score (nSPS) is 12.4. The van der Waals surface area contributed by atoms with E-state index in [2.05, 4.69) is 25.8 Å². The SMILES string of the molecule is CCC(C)N(C)CCCOc1cccc(C(N)=S)c1. The van der Waals surface area contributed by atoms with Crippen LogP contribution in [-0.4, -0.2) is 36.1 Å². The van der Waals surface area contributed by atoms with E-state index < -0.39 is 0 Å². The van der Waals surface area contributed by atoms with Gasteiger partial charge in [-0.15, -0.1) is 0 Å². The molecule has 0 amide bonds. The molecule has 1 unspecified atom stereocenters. The van der Waals surface area contributed by atoms with Gasteiger partial charge in [0.2, 0.25) is 0 Å². The van der Waals surface area contributed by atoms with Crippen LogP contribution in [0.25, 0.3) is 0 Å². The number of rotatable bonds is 8. The van der Waals surface area contributed by atoms with Crippen molar-refractivity contribution in [1.29, 1.82) is 0 Å². The van der Waals surface area contributed by atoms with Crippen molar-refractivity contribution in [1.82, 2.24) is 4.90 Å². The van der Waals surface area contributed by atoms with Crippen molar-refractivity contribution in [3.8, 4) is 5.75 Å². The highest BCUT2D eigenvalue weighted by Gasteiger charge is 2.06.